The zero-order valence-corrected chi connectivity index (χ0v) is 6.86. The predicted molar refractivity (Wildman–Crippen MR) is 42.9 cm³/mol. The standard InChI is InChI=1S/C8H13NO2/c1-6-4-3-5-7(2)8(6)9(10)11/h3-4,6-8H,5H2,1-2H3. The maximum absolute atomic E-state index is 10.5. The zero-order valence-electron chi connectivity index (χ0n) is 6.86. The molecule has 0 saturated heterocycles. The molecule has 0 radical (unpaired) electrons. The van der Waals surface area contributed by atoms with Crippen LogP contribution in [0.2, 0.25) is 0 Å². The van der Waals surface area contributed by atoms with Crippen molar-refractivity contribution in [1.29, 1.82) is 0 Å². The van der Waals surface area contributed by atoms with E-state index in [2.05, 4.69) is 0 Å². The molecule has 1 rings (SSSR count). The molecule has 0 N–H and O–H groups in total. The van der Waals surface area contributed by atoms with Crippen molar-refractivity contribution in [2.24, 2.45) is 11.8 Å². The van der Waals surface area contributed by atoms with Crippen molar-refractivity contribution in [1.82, 2.24) is 0 Å². The van der Waals surface area contributed by atoms with Gasteiger partial charge in [0.15, 0.2) is 0 Å². The van der Waals surface area contributed by atoms with Gasteiger partial charge in [-0.25, -0.2) is 0 Å². The molecule has 0 amide bonds. The molecule has 11 heavy (non-hydrogen) atoms. The molecule has 0 aliphatic heterocycles. The molecule has 0 aromatic heterocycles. The van der Waals surface area contributed by atoms with E-state index in [-0.39, 0.29) is 22.8 Å². The van der Waals surface area contributed by atoms with Gasteiger partial charge in [0.2, 0.25) is 6.04 Å². The first kappa shape index (κ1) is 8.24. The highest BCUT2D eigenvalue weighted by molar-refractivity contribution is 4.98. The van der Waals surface area contributed by atoms with Crippen LogP contribution in [0.3, 0.4) is 0 Å². The van der Waals surface area contributed by atoms with Crippen molar-refractivity contribution in [3.05, 3.63) is 22.3 Å². The third-order valence-electron chi connectivity index (χ3n) is 2.31. The van der Waals surface area contributed by atoms with Crippen molar-refractivity contribution in [2.75, 3.05) is 0 Å². The molecule has 0 aromatic rings. The van der Waals surface area contributed by atoms with E-state index < -0.39 is 0 Å². The molecule has 3 nitrogen and oxygen atoms in total. The van der Waals surface area contributed by atoms with Crippen LogP contribution in [0.4, 0.5) is 0 Å². The van der Waals surface area contributed by atoms with E-state index in [9.17, 15) is 10.1 Å². The van der Waals surface area contributed by atoms with Gasteiger partial charge in [-0.1, -0.05) is 26.0 Å². The fraction of sp³-hybridized carbons (Fsp3) is 0.750. The number of hydrogen-bond acceptors (Lipinski definition) is 2. The Kier molecular flexibility index (Phi) is 2.27. The lowest BCUT2D eigenvalue weighted by molar-refractivity contribution is -0.538. The minimum atomic E-state index is -0.375. The second kappa shape index (κ2) is 3.03. The van der Waals surface area contributed by atoms with Gasteiger partial charge in [-0.2, -0.15) is 0 Å². The first-order valence-electron chi connectivity index (χ1n) is 3.93. The van der Waals surface area contributed by atoms with Gasteiger partial charge in [0.05, 0.1) is 0 Å². The van der Waals surface area contributed by atoms with Crippen LogP contribution in [-0.2, 0) is 0 Å². The van der Waals surface area contributed by atoms with Crippen LogP contribution in [0.1, 0.15) is 20.3 Å². The Balaban J connectivity index is 2.74. The summed E-state index contributed by atoms with van der Waals surface area (Å²) in [5.41, 5.74) is 0. The SMILES string of the molecule is CC1C=CCC(C)C1[N+](=O)[O-]. The maximum Gasteiger partial charge on any atom is 0.221 e. The lowest BCUT2D eigenvalue weighted by atomic mass is 9.84. The molecule has 3 unspecified atom stereocenters. The van der Waals surface area contributed by atoms with Gasteiger partial charge >= 0.3 is 0 Å². The average Bonchev–Trinajstić information content (AvgIpc) is 1.85. The van der Waals surface area contributed by atoms with E-state index in [1.807, 2.05) is 26.0 Å². The summed E-state index contributed by atoms with van der Waals surface area (Å²) < 4.78 is 0. The number of nitro groups is 1. The molecule has 0 saturated carbocycles. The zero-order chi connectivity index (χ0) is 8.43. The number of rotatable bonds is 1. The lowest BCUT2D eigenvalue weighted by Gasteiger charge is -2.22. The van der Waals surface area contributed by atoms with Crippen molar-refractivity contribution >= 4 is 0 Å². The Labute approximate surface area is 66.3 Å². The third kappa shape index (κ3) is 1.59. The molecule has 1 aliphatic rings. The second-order valence-corrected chi connectivity index (χ2v) is 3.28. The quantitative estimate of drug-likeness (QED) is 0.329. The molecule has 3 heteroatoms. The smallest absolute Gasteiger partial charge is 0.221 e. The van der Waals surface area contributed by atoms with Crippen LogP contribution < -0.4 is 0 Å². The molecule has 0 fully saturated rings. The summed E-state index contributed by atoms with van der Waals surface area (Å²) in [5.74, 6) is 0.277. The first-order valence-corrected chi connectivity index (χ1v) is 3.93. The maximum atomic E-state index is 10.5. The van der Waals surface area contributed by atoms with Gasteiger partial charge in [-0.15, -0.1) is 0 Å². The third-order valence-corrected chi connectivity index (χ3v) is 2.31. The summed E-state index contributed by atoms with van der Waals surface area (Å²) in [6.07, 6.45) is 4.82. The summed E-state index contributed by atoms with van der Waals surface area (Å²) >= 11 is 0. The Morgan fingerprint density at radius 3 is 2.55 bits per heavy atom. The Morgan fingerprint density at radius 2 is 2.18 bits per heavy atom. The molecular formula is C8H13NO2. The predicted octanol–water partition coefficient (Wildman–Crippen LogP) is 1.86. The van der Waals surface area contributed by atoms with Gasteiger partial charge in [0, 0.05) is 16.8 Å². The van der Waals surface area contributed by atoms with E-state index in [0.717, 1.165) is 6.42 Å². The van der Waals surface area contributed by atoms with Crippen LogP contribution in [0.15, 0.2) is 12.2 Å². The van der Waals surface area contributed by atoms with Crippen LogP contribution in [-0.4, -0.2) is 11.0 Å². The number of allylic oxidation sites excluding steroid dienone is 1. The van der Waals surface area contributed by atoms with Gasteiger partial charge in [0.1, 0.15) is 0 Å². The normalized spacial score (nSPS) is 37.1. The molecule has 0 spiro atoms. The van der Waals surface area contributed by atoms with Gasteiger partial charge < -0.3 is 0 Å². The topological polar surface area (TPSA) is 43.1 Å². The van der Waals surface area contributed by atoms with E-state index in [1.54, 1.807) is 0 Å². The molecule has 0 aromatic carbocycles. The van der Waals surface area contributed by atoms with Gasteiger partial charge in [0.25, 0.3) is 0 Å². The van der Waals surface area contributed by atoms with Crippen molar-refractivity contribution < 1.29 is 4.92 Å². The largest absolute Gasteiger partial charge is 0.264 e. The van der Waals surface area contributed by atoms with Crippen molar-refractivity contribution in [3.8, 4) is 0 Å². The van der Waals surface area contributed by atoms with E-state index in [0.29, 0.717) is 0 Å². The van der Waals surface area contributed by atoms with Gasteiger partial charge in [-0.05, 0) is 6.42 Å². The lowest BCUT2D eigenvalue weighted by Crippen LogP contribution is -2.34. The van der Waals surface area contributed by atoms with Crippen LogP contribution in [0, 0.1) is 22.0 Å². The first-order chi connectivity index (χ1) is 5.13. The second-order valence-electron chi connectivity index (χ2n) is 3.28. The van der Waals surface area contributed by atoms with Crippen LogP contribution in [0.5, 0.6) is 0 Å². The Morgan fingerprint density at radius 1 is 1.55 bits per heavy atom. The van der Waals surface area contributed by atoms with Crippen LogP contribution >= 0.6 is 0 Å². The van der Waals surface area contributed by atoms with E-state index in [4.69, 9.17) is 0 Å². The minimum absolute atomic E-state index is 0.0914. The molecule has 0 heterocycles. The number of nitrogens with zero attached hydrogens (tertiary/aromatic N) is 1. The summed E-state index contributed by atoms with van der Waals surface area (Å²) in [5, 5.41) is 10.5. The number of hydrogen-bond donors (Lipinski definition) is 0. The fourth-order valence-electron chi connectivity index (χ4n) is 1.68. The highest BCUT2D eigenvalue weighted by Crippen LogP contribution is 2.25. The molecule has 0 bridgehead atoms. The highest BCUT2D eigenvalue weighted by Gasteiger charge is 2.33. The Bertz CT molecular complexity index is 189. The van der Waals surface area contributed by atoms with Crippen molar-refractivity contribution in [2.45, 2.75) is 26.3 Å². The van der Waals surface area contributed by atoms with E-state index >= 15 is 0 Å². The van der Waals surface area contributed by atoms with Crippen LogP contribution in [0.25, 0.3) is 0 Å². The summed E-state index contributed by atoms with van der Waals surface area (Å²) in [7, 11) is 0. The summed E-state index contributed by atoms with van der Waals surface area (Å²) in [4.78, 5) is 10.4. The Hall–Kier alpha value is -0.860. The van der Waals surface area contributed by atoms with Gasteiger partial charge in [-0.3, -0.25) is 10.1 Å². The van der Waals surface area contributed by atoms with E-state index in [1.165, 1.54) is 0 Å². The summed E-state index contributed by atoms with van der Waals surface area (Å²) in [6.45, 7) is 3.84. The summed E-state index contributed by atoms with van der Waals surface area (Å²) in [6, 6.07) is -0.375. The minimum Gasteiger partial charge on any atom is -0.264 e. The average molecular weight is 155 g/mol. The monoisotopic (exact) mass is 155 g/mol. The highest BCUT2D eigenvalue weighted by atomic mass is 16.6. The van der Waals surface area contributed by atoms with Crippen molar-refractivity contribution in [3.63, 3.8) is 0 Å². The fourth-order valence-corrected chi connectivity index (χ4v) is 1.68. The molecule has 1 aliphatic carbocycles. The molecular weight excluding hydrogens is 142 g/mol. The molecule has 3 atom stereocenters. The molecule has 62 valence electrons.